The van der Waals surface area contributed by atoms with Gasteiger partial charge in [0, 0.05) is 0 Å². The van der Waals surface area contributed by atoms with Crippen LogP contribution in [0.25, 0.3) is 0 Å². The zero-order valence-electron chi connectivity index (χ0n) is 15.3. The second-order valence-electron chi connectivity index (χ2n) is 6.62. The van der Waals surface area contributed by atoms with Crippen molar-refractivity contribution in [2.75, 3.05) is 6.61 Å². The summed E-state index contributed by atoms with van der Waals surface area (Å²) in [6.07, 6.45) is 9.77. The van der Waals surface area contributed by atoms with Crippen molar-refractivity contribution in [3.63, 3.8) is 0 Å². The summed E-state index contributed by atoms with van der Waals surface area (Å²) in [5, 5.41) is 28.6. The van der Waals surface area contributed by atoms with Gasteiger partial charge in [-0.15, -0.1) is 0 Å². The molecule has 2 atom stereocenters. The smallest absolute Gasteiger partial charge is 0.0760 e. The van der Waals surface area contributed by atoms with E-state index in [4.69, 9.17) is 5.11 Å². The topological polar surface area (TPSA) is 60.7 Å². The number of hydrogen-bond acceptors (Lipinski definition) is 3. The molecule has 0 radical (unpaired) electrons. The first kappa shape index (κ1) is 21.8. The molecule has 0 amide bonds. The summed E-state index contributed by atoms with van der Waals surface area (Å²) < 4.78 is 0. The Morgan fingerprint density at radius 1 is 0.783 bits per heavy atom. The monoisotopic (exact) mass is 322 g/mol. The lowest BCUT2D eigenvalue weighted by atomic mass is 10.0. The standard InChI is InChI=1S/C20H34O3/c1-15(2)11-19(22)12-16(3)7-6-8-17(4)13-20(23)14-18(5)9-10-21/h7,9,11,13,19-23H,6,8,10,12,14H2,1-5H3. The number of aliphatic hydroxyl groups is 3. The normalized spacial score (nSPS) is 16.3. The summed E-state index contributed by atoms with van der Waals surface area (Å²) in [5.74, 6) is 0. The van der Waals surface area contributed by atoms with Gasteiger partial charge in [0.05, 0.1) is 18.8 Å². The van der Waals surface area contributed by atoms with Crippen LogP contribution in [-0.2, 0) is 0 Å². The van der Waals surface area contributed by atoms with E-state index in [0.717, 1.165) is 29.6 Å². The van der Waals surface area contributed by atoms with Crippen molar-refractivity contribution in [2.24, 2.45) is 0 Å². The third-order valence-corrected chi connectivity index (χ3v) is 3.54. The maximum absolute atomic E-state index is 9.97. The molecule has 0 heterocycles. The third-order valence-electron chi connectivity index (χ3n) is 3.54. The average Bonchev–Trinajstić information content (AvgIpc) is 2.36. The molecule has 0 aliphatic rings. The molecule has 3 heteroatoms. The minimum Gasteiger partial charge on any atom is -0.392 e. The Hall–Kier alpha value is -1.16. The highest BCUT2D eigenvalue weighted by Crippen LogP contribution is 2.14. The lowest BCUT2D eigenvalue weighted by molar-refractivity contribution is 0.222. The fraction of sp³-hybridized carbons (Fsp3) is 0.600. The molecule has 0 aliphatic carbocycles. The molecule has 0 aromatic heterocycles. The number of allylic oxidation sites excluding steroid dienone is 3. The molecule has 0 bridgehead atoms. The summed E-state index contributed by atoms with van der Waals surface area (Å²) in [6, 6.07) is 0. The Morgan fingerprint density at radius 3 is 1.83 bits per heavy atom. The van der Waals surface area contributed by atoms with Crippen LogP contribution < -0.4 is 0 Å². The van der Waals surface area contributed by atoms with Crippen LogP contribution in [-0.4, -0.2) is 34.1 Å². The molecule has 0 aromatic carbocycles. The van der Waals surface area contributed by atoms with E-state index in [1.807, 2.05) is 46.8 Å². The highest BCUT2D eigenvalue weighted by Gasteiger charge is 2.03. The van der Waals surface area contributed by atoms with E-state index < -0.39 is 12.2 Å². The Labute approximate surface area is 141 Å². The van der Waals surface area contributed by atoms with Gasteiger partial charge < -0.3 is 15.3 Å². The van der Waals surface area contributed by atoms with Gasteiger partial charge in [-0.2, -0.15) is 0 Å². The average molecular weight is 322 g/mol. The van der Waals surface area contributed by atoms with Gasteiger partial charge in [-0.05, 0) is 60.3 Å². The van der Waals surface area contributed by atoms with Crippen LogP contribution in [0.1, 0.15) is 60.3 Å². The largest absolute Gasteiger partial charge is 0.392 e. The molecule has 0 saturated heterocycles. The zero-order chi connectivity index (χ0) is 17.8. The van der Waals surface area contributed by atoms with E-state index in [2.05, 4.69) is 6.08 Å². The highest BCUT2D eigenvalue weighted by molar-refractivity contribution is 5.10. The minimum absolute atomic E-state index is 0.0178. The molecule has 0 saturated carbocycles. The highest BCUT2D eigenvalue weighted by atomic mass is 16.3. The second kappa shape index (κ2) is 12.3. The van der Waals surface area contributed by atoms with Gasteiger partial charge in [-0.3, -0.25) is 0 Å². The summed E-state index contributed by atoms with van der Waals surface area (Å²) in [7, 11) is 0. The van der Waals surface area contributed by atoms with Crippen molar-refractivity contribution in [3.8, 4) is 0 Å². The van der Waals surface area contributed by atoms with Gasteiger partial charge in [0.25, 0.3) is 0 Å². The van der Waals surface area contributed by atoms with Gasteiger partial charge in [0.15, 0.2) is 0 Å². The molecule has 0 rings (SSSR count). The molecule has 2 unspecified atom stereocenters. The van der Waals surface area contributed by atoms with E-state index >= 15 is 0 Å². The van der Waals surface area contributed by atoms with Gasteiger partial charge >= 0.3 is 0 Å². The summed E-state index contributed by atoms with van der Waals surface area (Å²) in [4.78, 5) is 0. The van der Waals surface area contributed by atoms with Crippen molar-refractivity contribution in [1.82, 2.24) is 0 Å². The minimum atomic E-state index is -0.498. The predicted octanol–water partition coefficient (Wildman–Crippen LogP) is 4.07. The summed E-state index contributed by atoms with van der Waals surface area (Å²) in [6.45, 7) is 9.96. The van der Waals surface area contributed by atoms with Gasteiger partial charge in [-0.25, -0.2) is 0 Å². The first-order valence-corrected chi connectivity index (χ1v) is 8.35. The van der Waals surface area contributed by atoms with E-state index in [1.165, 1.54) is 5.57 Å². The van der Waals surface area contributed by atoms with Gasteiger partial charge in [0.2, 0.25) is 0 Å². The summed E-state index contributed by atoms with van der Waals surface area (Å²) in [5.41, 5.74) is 4.46. The molecule has 3 nitrogen and oxygen atoms in total. The number of aliphatic hydroxyl groups excluding tert-OH is 3. The van der Waals surface area contributed by atoms with E-state index in [-0.39, 0.29) is 6.61 Å². The molecular weight excluding hydrogens is 288 g/mol. The van der Waals surface area contributed by atoms with Crippen molar-refractivity contribution >= 4 is 0 Å². The second-order valence-corrected chi connectivity index (χ2v) is 6.62. The maximum atomic E-state index is 9.97. The first-order chi connectivity index (χ1) is 10.7. The third kappa shape index (κ3) is 13.0. The van der Waals surface area contributed by atoms with Crippen LogP contribution in [0, 0.1) is 0 Å². The lowest BCUT2D eigenvalue weighted by Gasteiger charge is -2.09. The van der Waals surface area contributed by atoms with E-state index in [9.17, 15) is 10.2 Å². The Kier molecular flexibility index (Phi) is 11.7. The molecule has 0 aliphatic heterocycles. The van der Waals surface area contributed by atoms with Crippen molar-refractivity contribution < 1.29 is 15.3 Å². The van der Waals surface area contributed by atoms with Gasteiger partial charge in [0.1, 0.15) is 0 Å². The molecule has 23 heavy (non-hydrogen) atoms. The SMILES string of the molecule is CC(C)=CC(O)CC(C)=CCCC(C)=CC(O)CC(C)=CCO. The molecular formula is C20H34O3. The maximum Gasteiger partial charge on any atom is 0.0760 e. The quantitative estimate of drug-likeness (QED) is 0.531. The van der Waals surface area contributed by atoms with Gasteiger partial charge in [-0.1, -0.05) is 46.6 Å². The van der Waals surface area contributed by atoms with Crippen molar-refractivity contribution in [3.05, 3.63) is 46.6 Å². The molecule has 132 valence electrons. The van der Waals surface area contributed by atoms with Crippen LogP contribution in [0.5, 0.6) is 0 Å². The van der Waals surface area contributed by atoms with Crippen LogP contribution >= 0.6 is 0 Å². The zero-order valence-corrected chi connectivity index (χ0v) is 15.3. The molecule has 3 N–H and O–H groups in total. The Balaban J connectivity index is 4.29. The van der Waals surface area contributed by atoms with Crippen LogP contribution in [0.3, 0.4) is 0 Å². The first-order valence-electron chi connectivity index (χ1n) is 8.35. The van der Waals surface area contributed by atoms with Crippen molar-refractivity contribution in [2.45, 2.75) is 72.5 Å². The molecule has 0 aromatic rings. The number of hydrogen-bond donors (Lipinski definition) is 3. The fourth-order valence-electron chi connectivity index (χ4n) is 2.44. The van der Waals surface area contributed by atoms with E-state index in [1.54, 1.807) is 6.08 Å². The van der Waals surface area contributed by atoms with Crippen molar-refractivity contribution in [1.29, 1.82) is 0 Å². The summed E-state index contributed by atoms with van der Waals surface area (Å²) >= 11 is 0. The lowest BCUT2D eigenvalue weighted by Crippen LogP contribution is -2.04. The predicted molar refractivity (Wildman–Crippen MR) is 98.3 cm³/mol. The molecule has 0 spiro atoms. The number of rotatable bonds is 10. The Bertz CT molecular complexity index is 452. The van der Waals surface area contributed by atoms with Crippen LogP contribution in [0.2, 0.25) is 0 Å². The Morgan fingerprint density at radius 2 is 1.30 bits per heavy atom. The molecule has 0 fully saturated rings. The van der Waals surface area contributed by atoms with Crippen LogP contribution in [0.4, 0.5) is 0 Å². The van der Waals surface area contributed by atoms with Crippen LogP contribution in [0.15, 0.2) is 46.6 Å². The van der Waals surface area contributed by atoms with E-state index in [0.29, 0.717) is 12.8 Å². The fourth-order valence-corrected chi connectivity index (χ4v) is 2.44.